The molecule has 1 fully saturated rings. The molecule has 3 heterocycles. The molecule has 2 aromatic heterocycles. The van der Waals surface area contributed by atoms with Crippen molar-refractivity contribution in [2.24, 2.45) is 0 Å². The van der Waals surface area contributed by atoms with E-state index in [1.807, 2.05) is 12.1 Å². The summed E-state index contributed by atoms with van der Waals surface area (Å²) in [5, 5.41) is 12.4. The number of nitriles is 1. The molecule has 1 aliphatic heterocycles. The molecule has 0 unspecified atom stereocenters. The summed E-state index contributed by atoms with van der Waals surface area (Å²) in [5.74, 6) is 0.550. The molecule has 0 radical (unpaired) electrons. The van der Waals surface area contributed by atoms with Crippen LogP contribution < -0.4 is 9.62 Å². The second-order valence-corrected chi connectivity index (χ2v) is 9.10. The molecule has 1 aromatic carbocycles. The highest BCUT2D eigenvalue weighted by Crippen LogP contribution is 2.33. The van der Waals surface area contributed by atoms with Gasteiger partial charge in [0.15, 0.2) is 5.76 Å². The minimum absolute atomic E-state index is 0.000532. The maximum atomic E-state index is 13.1. The van der Waals surface area contributed by atoms with E-state index in [0.717, 1.165) is 19.4 Å². The Hall–Kier alpha value is -3.29. The van der Waals surface area contributed by atoms with Crippen molar-refractivity contribution >= 4 is 21.6 Å². The van der Waals surface area contributed by atoms with Crippen LogP contribution >= 0.6 is 0 Å². The minimum Gasteiger partial charge on any atom is -0.455 e. The van der Waals surface area contributed by atoms with Crippen LogP contribution in [-0.4, -0.2) is 39.7 Å². The number of sulfonamides is 1. The highest BCUT2D eigenvalue weighted by Gasteiger charge is 2.29. The van der Waals surface area contributed by atoms with Crippen LogP contribution in [0.1, 0.15) is 24.3 Å². The van der Waals surface area contributed by atoms with Gasteiger partial charge in [-0.05, 0) is 31.9 Å². The number of aryl methyl sites for hydroxylation is 1. The molecule has 1 saturated heterocycles. The molecule has 3 aromatic rings. The van der Waals surface area contributed by atoms with Crippen molar-refractivity contribution in [3.63, 3.8) is 0 Å². The molecule has 1 atom stereocenters. The number of rotatable bonds is 7. The summed E-state index contributed by atoms with van der Waals surface area (Å²) < 4.78 is 44.3. The Balaban J connectivity index is 1.60. The van der Waals surface area contributed by atoms with Gasteiger partial charge in [-0.2, -0.15) is 10.2 Å². The second-order valence-electron chi connectivity index (χ2n) is 7.16. The molecule has 1 N–H and O–H groups in total. The number of para-hydroxylation sites is 1. The van der Waals surface area contributed by atoms with Gasteiger partial charge in [-0.1, -0.05) is 18.2 Å². The summed E-state index contributed by atoms with van der Waals surface area (Å²) in [5.41, 5.74) is 0.584. The van der Waals surface area contributed by atoms with Gasteiger partial charge in [-0.25, -0.2) is 8.42 Å². The van der Waals surface area contributed by atoms with Gasteiger partial charge in [-0.15, -0.1) is 0 Å². The average molecular weight is 442 g/mol. The summed E-state index contributed by atoms with van der Waals surface area (Å²) >= 11 is 0. The third kappa shape index (κ3) is 4.15. The Morgan fingerprint density at radius 3 is 2.74 bits per heavy atom. The van der Waals surface area contributed by atoms with Crippen molar-refractivity contribution in [3.05, 3.63) is 47.9 Å². The van der Waals surface area contributed by atoms with Crippen LogP contribution in [0.5, 0.6) is 0 Å². The van der Waals surface area contributed by atoms with E-state index in [1.165, 1.54) is 17.4 Å². The van der Waals surface area contributed by atoms with E-state index >= 15 is 0 Å². The third-order valence-electron chi connectivity index (χ3n) is 5.09. The lowest BCUT2D eigenvalue weighted by molar-refractivity contribution is 0.120. The van der Waals surface area contributed by atoms with Crippen molar-refractivity contribution in [1.29, 1.82) is 5.26 Å². The first kappa shape index (κ1) is 21.0. The maximum Gasteiger partial charge on any atom is 0.267 e. The first-order valence-corrected chi connectivity index (χ1v) is 11.3. The van der Waals surface area contributed by atoms with E-state index in [1.54, 1.807) is 31.2 Å². The molecule has 4 rings (SSSR count). The number of anilines is 2. The third-order valence-corrected chi connectivity index (χ3v) is 6.98. The summed E-state index contributed by atoms with van der Waals surface area (Å²) in [6.45, 7) is 2.77. The molecule has 0 bridgehead atoms. The summed E-state index contributed by atoms with van der Waals surface area (Å²) in [6.07, 6.45) is 1.99. The number of benzene rings is 1. The van der Waals surface area contributed by atoms with E-state index in [2.05, 4.69) is 10.3 Å². The van der Waals surface area contributed by atoms with Gasteiger partial charge >= 0.3 is 0 Å². The van der Waals surface area contributed by atoms with E-state index in [0.29, 0.717) is 12.2 Å². The molecular formula is C21H22N4O5S. The molecule has 31 heavy (non-hydrogen) atoms. The zero-order valence-corrected chi connectivity index (χ0v) is 18.0. The number of oxazole rings is 1. The molecule has 0 saturated carbocycles. The van der Waals surface area contributed by atoms with Gasteiger partial charge in [0.05, 0.1) is 11.8 Å². The van der Waals surface area contributed by atoms with E-state index in [4.69, 9.17) is 13.6 Å². The quantitative estimate of drug-likeness (QED) is 0.590. The monoisotopic (exact) mass is 442 g/mol. The molecule has 0 amide bonds. The van der Waals surface area contributed by atoms with E-state index in [-0.39, 0.29) is 40.0 Å². The first-order chi connectivity index (χ1) is 14.9. The highest BCUT2D eigenvalue weighted by molar-refractivity contribution is 7.92. The maximum absolute atomic E-state index is 13.1. The Bertz CT molecular complexity index is 1200. The topological polar surface area (TPSA) is 122 Å². The molecular weight excluding hydrogens is 420 g/mol. The second kappa shape index (κ2) is 8.45. The lowest BCUT2D eigenvalue weighted by atomic mass is 10.2. The average Bonchev–Trinajstić information content (AvgIpc) is 3.51. The lowest BCUT2D eigenvalue weighted by Crippen LogP contribution is -2.26. The van der Waals surface area contributed by atoms with Gasteiger partial charge < -0.3 is 18.9 Å². The van der Waals surface area contributed by atoms with Gasteiger partial charge in [0.25, 0.3) is 15.9 Å². The fraction of sp³-hybridized carbons (Fsp3) is 0.333. The fourth-order valence-corrected chi connectivity index (χ4v) is 4.74. The van der Waals surface area contributed by atoms with Crippen LogP contribution in [0.4, 0.5) is 11.6 Å². The zero-order valence-electron chi connectivity index (χ0n) is 17.2. The van der Waals surface area contributed by atoms with Gasteiger partial charge in [0, 0.05) is 26.3 Å². The van der Waals surface area contributed by atoms with Crippen LogP contribution in [0, 0.1) is 18.3 Å². The van der Waals surface area contributed by atoms with Crippen LogP contribution in [0.2, 0.25) is 0 Å². The SMILES string of the molecule is Cc1oc(-c2nc(C#N)c(NC[C@H]3CCCO3)o2)cc1S(=O)(=O)N(C)c1ccccc1. The lowest BCUT2D eigenvalue weighted by Gasteiger charge is -2.18. The van der Waals surface area contributed by atoms with Crippen molar-refractivity contribution in [1.82, 2.24) is 4.98 Å². The number of nitrogens with zero attached hydrogens (tertiary/aromatic N) is 3. The molecule has 9 nitrogen and oxygen atoms in total. The van der Waals surface area contributed by atoms with Crippen molar-refractivity contribution < 1.29 is 22.0 Å². The Morgan fingerprint density at radius 1 is 1.29 bits per heavy atom. The highest BCUT2D eigenvalue weighted by atomic mass is 32.2. The minimum atomic E-state index is -3.87. The molecule has 0 spiro atoms. The van der Waals surface area contributed by atoms with Gasteiger partial charge in [0.1, 0.15) is 16.7 Å². The fourth-order valence-electron chi connectivity index (χ4n) is 3.38. The predicted octanol–water partition coefficient (Wildman–Crippen LogP) is 3.53. The number of hydrogen-bond acceptors (Lipinski definition) is 8. The van der Waals surface area contributed by atoms with Crippen molar-refractivity contribution in [2.75, 3.05) is 29.8 Å². The van der Waals surface area contributed by atoms with E-state index in [9.17, 15) is 13.7 Å². The van der Waals surface area contributed by atoms with Crippen LogP contribution in [0.3, 0.4) is 0 Å². The first-order valence-electron chi connectivity index (χ1n) is 9.81. The zero-order chi connectivity index (χ0) is 22.0. The standard InChI is InChI=1S/C21H22N4O5S/c1-14-19(31(26,27)25(2)15-7-4-3-5-8-15)11-18(29-14)21-24-17(12-22)20(30-21)23-13-16-9-6-10-28-16/h3-5,7-8,11,16,23H,6,9-10,13H2,1-2H3/t16-/m1/s1. The summed E-state index contributed by atoms with van der Waals surface area (Å²) in [6, 6.07) is 12.1. The Morgan fingerprint density at radius 2 is 2.06 bits per heavy atom. The van der Waals surface area contributed by atoms with Crippen molar-refractivity contribution in [2.45, 2.75) is 30.8 Å². The van der Waals surface area contributed by atoms with Crippen LogP contribution in [0.15, 0.2) is 50.1 Å². The van der Waals surface area contributed by atoms with Crippen molar-refractivity contribution in [3.8, 4) is 17.7 Å². The molecule has 10 heteroatoms. The number of hydrogen-bond donors (Lipinski definition) is 1. The summed E-state index contributed by atoms with van der Waals surface area (Å²) in [4.78, 5) is 4.15. The largest absolute Gasteiger partial charge is 0.455 e. The van der Waals surface area contributed by atoms with Crippen LogP contribution in [0.25, 0.3) is 11.7 Å². The number of aromatic nitrogens is 1. The predicted molar refractivity (Wildman–Crippen MR) is 113 cm³/mol. The van der Waals surface area contributed by atoms with Gasteiger partial charge in [-0.3, -0.25) is 4.31 Å². The molecule has 0 aliphatic carbocycles. The number of furan rings is 1. The number of ether oxygens (including phenoxy) is 1. The molecule has 1 aliphatic rings. The van der Waals surface area contributed by atoms with E-state index < -0.39 is 10.0 Å². The number of nitrogens with one attached hydrogen (secondary N) is 1. The molecule has 162 valence electrons. The van der Waals surface area contributed by atoms with Gasteiger partial charge in [0.2, 0.25) is 11.6 Å². The normalized spacial score (nSPS) is 16.2. The summed E-state index contributed by atoms with van der Waals surface area (Å²) in [7, 11) is -2.39. The smallest absolute Gasteiger partial charge is 0.267 e. The Kier molecular flexibility index (Phi) is 5.71. The Labute approximate surface area is 180 Å². The van der Waals surface area contributed by atoms with Crippen LogP contribution in [-0.2, 0) is 14.8 Å².